The summed E-state index contributed by atoms with van der Waals surface area (Å²) in [6, 6.07) is 3.75. The molecular weight excluding hydrogens is 174 g/mol. The van der Waals surface area contributed by atoms with E-state index in [1.807, 2.05) is 12.1 Å². The molecule has 0 bridgehead atoms. The van der Waals surface area contributed by atoms with E-state index in [1.165, 1.54) is 11.8 Å². The van der Waals surface area contributed by atoms with Crippen molar-refractivity contribution in [2.45, 2.75) is 11.3 Å². The van der Waals surface area contributed by atoms with Gasteiger partial charge in [-0.2, -0.15) is 0 Å². The van der Waals surface area contributed by atoms with Crippen LogP contribution in [0.4, 0.5) is 0 Å². The molecule has 0 saturated carbocycles. The molecule has 0 amide bonds. The minimum Gasteiger partial charge on any atom is -0.481 e. The van der Waals surface area contributed by atoms with Crippen molar-refractivity contribution in [3.63, 3.8) is 0 Å². The number of thioether (sulfide) groups is 1. The summed E-state index contributed by atoms with van der Waals surface area (Å²) in [5.41, 5.74) is 0. The molecule has 1 rings (SSSR count). The lowest BCUT2D eigenvalue weighted by Gasteiger charge is -1.96. The minimum atomic E-state index is -0.758. The van der Waals surface area contributed by atoms with Gasteiger partial charge in [-0.05, 0) is 12.1 Å². The molecule has 0 fully saturated rings. The number of aliphatic carboxylic acids is 1. The summed E-state index contributed by atoms with van der Waals surface area (Å²) in [7, 11) is 0. The Morgan fingerprint density at radius 3 is 3.08 bits per heavy atom. The average molecular weight is 183 g/mol. The smallest absolute Gasteiger partial charge is 0.304 e. The Hall–Kier alpha value is -1.03. The molecule has 1 heterocycles. The van der Waals surface area contributed by atoms with E-state index in [1.54, 1.807) is 12.4 Å². The quantitative estimate of drug-likeness (QED) is 0.721. The Morgan fingerprint density at radius 2 is 2.50 bits per heavy atom. The SMILES string of the molecule is O=C(O)CCSc1cccnc1. The summed E-state index contributed by atoms with van der Waals surface area (Å²) in [5, 5.41) is 8.36. The number of nitrogens with zero attached hydrogens (tertiary/aromatic N) is 1. The molecule has 0 aliphatic heterocycles. The third kappa shape index (κ3) is 3.39. The first-order valence-corrected chi connectivity index (χ1v) is 4.52. The monoisotopic (exact) mass is 183 g/mol. The number of rotatable bonds is 4. The molecule has 0 unspecified atom stereocenters. The van der Waals surface area contributed by atoms with Crippen LogP contribution < -0.4 is 0 Å². The van der Waals surface area contributed by atoms with Crippen molar-refractivity contribution in [3.8, 4) is 0 Å². The van der Waals surface area contributed by atoms with Crippen LogP contribution in [0.25, 0.3) is 0 Å². The third-order valence-corrected chi connectivity index (χ3v) is 2.20. The van der Waals surface area contributed by atoms with Crippen LogP contribution in [0.2, 0.25) is 0 Å². The summed E-state index contributed by atoms with van der Waals surface area (Å²) >= 11 is 1.51. The predicted molar refractivity (Wildman–Crippen MR) is 47.2 cm³/mol. The largest absolute Gasteiger partial charge is 0.481 e. The van der Waals surface area contributed by atoms with Gasteiger partial charge in [-0.3, -0.25) is 9.78 Å². The second kappa shape index (κ2) is 4.77. The van der Waals surface area contributed by atoms with Gasteiger partial charge in [0, 0.05) is 23.0 Å². The van der Waals surface area contributed by atoms with Crippen molar-refractivity contribution >= 4 is 17.7 Å². The molecule has 0 aliphatic rings. The van der Waals surface area contributed by atoms with E-state index < -0.39 is 5.97 Å². The van der Waals surface area contributed by atoms with E-state index in [0.29, 0.717) is 5.75 Å². The van der Waals surface area contributed by atoms with Gasteiger partial charge in [-0.1, -0.05) is 0 Å². The Morgan fingerprint density at radius 1 is 1.67 bits per heavy atom. The van der Waals surface area contributed by atoms with E-state index in [0.717, 1.165) is 4.90 Å². The summed E-state index contributed by atoms with van der Waals surface area (Å²) in [4.78, 5) is 15.1. The van der Waals surface area contributed by atoms with Crippen LogP contribution in [0, 0.1) is 0 Å². The fraction of sp³-hybridized carbons (Fsp3) is 0.250. The minimum absolute atomic E-state index is 0.194. The Kier molecular flexibility index (Phi) is 3.60. The van der Waals surface area contributed by atoms with Crippen LogP contribution in [0.3, 0.4) is 0 Å². The highest BCUT2D eigenvalue weighted by Gasteiger charge is 1.97. The topological polar surface area (TPSA) is 50.2 Å². The highest BCUT2D eigenvalue weighted by atomic mass is 32.2. The number of carboxylic acids is 1. The molecule has 12 heavy (non-hydrogen) atoms. The van der Waals surface area contributed by atoms with Gasteiger partial charge in [-0.15, -0.1) is 11.8 Å². The molecule has 1 aromatic heterocycles. The molecular formula is C8H9NO2S. The normalized spacial score (nSPS) is 9.67. The lowest BCUT2D eigenvalue weighted by molar-refractivity contribution is -0.136. The van der Waals surface area contributed by atoms with Crippen LogP contribution in [0.5, 0.6) is 0 Å². The second-order valence-corrected chi connectivity index (χ2v) is 3.35. The van der Waals surface area contributed by atoms with Gasteiger partial charge in [0.1, 0.15) is 0 Å². The Balaban J connectivity index is 2.29. The van der Waals surface area contributed by atoms with E-state index >= 15 is 0 Å². The summed E-state index contributed by atoms with van der Waals surface area (Å²) < 4.78 is 0. The first kappa shape index (κ1) is 9.06. The number of aromatic nitrogens is 1. The van der Waals surface area contributed by atoms with Gasteiger partial charge in [0.05, 0.1) is 6.42 Å². The zero-order valence-electron chi connectivity index (χ0n) is 6.43. The summed E-state index contributed by atoms with van der Waals surface area (Å²) in [6.45, 7) is 0. The van der Waals surface area contributed by atoms with Gasteiger partial charge < -0.3 is 5.11 Å². The fourth-order valence-corrected chi connectivity index (χ4v) is 1.51. The molecule has 1 N–H and O–H groups in total. The van der Waals surface area contributed by atoms with Crippen LogP contribution >= 0.6 is 11.8 Å². The maximum atomic E-state index is 10.2. The van der Waals surface area contributed by atoms with Crippen molar-refractivity contribution in [3.05, 3.63) is 24.5 Å². The number of carboxylic acid groups (broad SMARTS) is 1. The fourth-order valence-electron chi connectivity index (χ4n) is 0.689. The summed E-state index contributed by atoms with van der Waals surface area (Å²) in [6.07, 6.45) is 3.62. The van der Waals surface area contributed by atoms with Gasteiger partial charge in [0.25, 0.3) is 0 Å². The maximum Gasteiger partial charge on any atom is 0.304 e. The maximum absolute atomic E-state index is 10.2. The Bertz CT molecular complexity index is 250. The molecule has 0 radical (unpaired) electrons. The number of hydrogen-bond acceptors (Lipinski definition) is 3. The third-order valence-electron chi connectivity index (χ3n) is 1.22. The van der Waals surface area contributed by atoms with E-state index in [2.05, 4.69) is 4.98 Å². The standard InChI is InChI=1S/C8H9NO2S/c10-8(11)3-5-12-7-2-1-4-9-6-7/h1-2,4,6H,3,5H2,(H,10,11). The first-order chi connectivity index (χ1) is 5.79. The molecule has 0 saturated heterocycles. The Labute approximate surface area is 74.8 Å². The predicted octanol–water partition coefficient (Wildman–Crippen LogP) is 1.65. The van der Waals surface area contributed by atoms with Gasteiger partial charge in [0.2, 0.25) is 0 Å². The molecule has 64 valence electrons. The summed E-state index contributed by atoms with van der Waals surface area (Å²) in [5.74, 6) is -0.160. The van der Waals surface area contributed by atoms with Crippen LogP contribution in [0.1, 0.15) is 6.42 Å². The van der Waals surface area contributed by atoms with Gasteiger partial charge in [-0.25, -0.2) is 0 Å². The highest BCUT2D eigenvalue weighted by molar-refractivity contribution is 7.99. The number of pyridine rings is 1. The second-order valence-electron chi connectivity index (χ2n) is 2.18. The molecule has 3 nitrogen and oxygen atoms in total. The first-order valence-electron chi connectivity index (χ1n) is 3.53. The molecule has 1 aromatic rings. The van der Waals surface area contributed by atoms with Crippen molar-refractivity contribution in [2.24, 2.45) is 0 Å². The zero-order chi connectivity index (χ0) is 8.81. The molecule has 0 atom stereocenters. The van der Waals surface area contributed by atoms with E-state index in [4.69, 9.17) is 5.11 Å². The van der Waals surface area contributed by atoms with Gasteiger partial charge in [0.15, 0.2) is 0 Å². The lowest BCUT2D eigenvalue weighted by Crippen LogP contribution is -1.95. The lowest BCUT2D eigenvalue weighted by atomic mass is 10.5. The van der Waals surface area contributed by atoms with Crippen LogP contribution in [-0.2, 0) is 4.79 Å². The van der Waals surface area contributed by atoms with Gasteiger partial charge >= 0.3 is 5.97 Å². The molecule has 0 spiro atoms. The molecule has 4 heteroatoms. The highest BCUT2D eigenvalue weighted by Crippen LogP contribution is 2.16. The van der Waals surface area contributed by atoms with Crippen LogP contribution in [-0.4, -0.2) is 21.8 Å². The van der Waals surface area contributed by atoms with Crippen molar-refractivity contribution < 1.29 is 9.90 Å². The van der Waals surface area contributed by atoms with Crippen molar-refractivity contribution in [1.82, 2.24) is 4.98 Å². The van der Waals surface area contributed by atoms with E-state index in [9.17, 15) is 4.79 Å². The van der Waals surface area contributed by atoms with E-state index in [-0.39, 0.29) is 6.42 Å². The number of carbonyl (C=O) groups is 1. The van der Waals surface area contributed by atoms with Crippen molar-refractivity contribution in [2.75, 3.05) is 5.75 Å². The number of hydrogen-bond donors (Lipinski definition) is 1. The zero-order valence-corrected chi connectivity index (χ0v) is 7.25. The van der Waals surface area contributed by atoms with Crippen molar-refractivity contribution in [1.29, 1.82) is 0 Å². The van der Waals surface area contributed by atoms with Crippen LogP contribution in [0.15, 0.2) is 29.4 Å². The molecule has 0 aliphatic carbocycles. The average Bonchev–Trinajstić information content (AvgIpc) is 2.05. The molecule has 0 aromatic carbocycles.